The number of rotatable bonds is 6. The molecule has 106 valence electrons. The topological polar surface area (TPSA) is 24.1 Å². The van der Waals surface area contributed by atoms with Crippen LogP contribution in [0.1, 0.15) is 50.2 Å². The zero-order valence-electron chi connectivity index (χ0n) is 12.4. The summed E-state index contributed by atoms with van der Waals surface area (Å²) in [6.45, 7) is 7.96. The van der Waals surface area contributed by atoms with Crippen LogP contribution in [-0.2, 0) is 6.42 Å². The Bertz CT molecular complexity index is 352. The van der Waals surface area contributed by atoms with E-state index in [1.807, 2.05) is 0 Å². The van der Waals surface area contributed by atoms with Crippen molar-refractivity contribution < 1.29 is 0 Å². The van der Waals surface area contributed by atoms with E-state index in [0.29, 0.717) is 12.0 Å². The van der Waals surface area contributed by atoms with Crippen molar-refractivity contribution in [3.05, 3.63) is 35.4 Å². The maximum Gasteiger partial charge on any atom is 0.0193 e. The second-order valence-electron chi connectivity index (χ2n) is 5.80. The first-order valence-corrected chi connectivity index (χ1v) is 7.82. The monoisotopic (exact) mass is 260 g/mol. The van der Waals surface area contributed by atoms with Gasteiger partial charge in [-0.15, -0.1) is 0 Å². The summed E-state index contributed by atoms with van der Waals surface area (Å²) in [5, 5.41) is 7.10. The summed E-state index contributed by atoms with van der Waals surface area (Å²) in [7, 11) is 0. The van der Waals surface area contributed by atoms with Gasteiger partial charge < -0.3 is 10.6 Å². The molecule has 0 bridgehead atoms. The van der Waals surface area contributed by atoms with Gasteiger partial charge >= 0.3 is 0 Å². The summed E-state index contributed by atoms with van der Waals surface area (Å²) >= 11 is 0. The number of piperidine rings is 1. The molecule has 1 aliphatic heterocycles. The molecule has 2 N–H and O–H groups in total. The van der Waals surface area contributed by atoms with Crippen LogP contribution in [0.2, 0.25) is 0 Å². The Balaban J connectivity index is 1.73. The molecular weight excluding hydrogens is 232 g/mol. The van der Waals surface area contributed by atoms with E-state index in [1.54, 1.807) is 0 Å². The van der Waals surface area contributed by atoms with Gasteiger partial charge in [0.1, 0.15) is 0 Å². The molecule has 1 aromatic carbocycles. The largest absolute Gasteiger partial charge is 0.315 e. The van der Waals surface area contributed by atoms with E-state index in [0.717, 1.165) is 19.5 Å². The van der Waals surface area contributed by atoms with Gasteiger partial charge in [-0.25, -0.2) is 0 Å². The Morgan fingerprint density at radius 2 is 2.11 bits per heavy atom. The maximum absolute atomic E-state index is 3.66. The molecular formula is C17H28N2. The molecule has 1 aliphatic rings. The molecule has 0 spiro atoms. The van der Waals surface area contributed by atoms with Gasteiger partial charge in [-0.3, -0.25) is 0 Å². The fraction of sp³-hybridized carbons (Fsp3) is 0.647. The molecule has 1 heterocycles. The summed E-state index contributed by atoms with van der Waals surface area (Å²) < 4.78 is 0. The fourth-order valence-corrected chi connectivity index (χ4v) is 2.70. The van der Waals surface area contributed by atoms with Gasteiger partial charge in [-0.1, -0.05) is 38.1 Å². The second-order valence-corrected chi connectivity index (χ2v) is 5.80. The first-order valence-electron chi connectivity index (χ1n) is 7.82. The lowest BCUT2D eigenvalue weighted by molar-refractivity contribution is 0.392. The second kappa shape index (κ2) is 7.66. The van der Waals surface area contributed by atoms with Crippen LogP contribution in [-0.4, -0.2) is 25.7 Å². The molecule has 2 heteroatoms. The summed E-state index contributed by atoms with van der Waals surface area (Å²) in [5.74, 6) is 0.681. The molecule has 0 aliphatic carbocycles. The Morgan fingerprint density at radius 3 is 2.74 bits per heavy atom. The Kier molecular flexibility index (Phi) is 5.87. The minimum Gasteiger partial charge on any atom is -0.315 e. The molecule has 2 rings (SSSR count). The van der Waals surface area contributed by atoms with Crippen LogP contribution in [0.4, 0.5) is 0 Å². The van der Waals surface area contributed by atoms with E-state index in [2.05, 4.69) is 48.7 Å². The quantitative estimate of drug-likeness (QED) is 0.821. The zero-order valence-corrected chi connectivity index (χ0v) is 12.4. The third kappa shape index (κ3) is 4.63. The molecule has 0 saturated carbocycles. The Morgan fingerprint density at radius 1 is 1.32 bits per heavy atom. The first-order chi connectivity index (χ1) is 9.29. The van der Waals surface area contributed by atoms with Crippen LogP contribution in [0.25, 0.3) is 0 Å². The summed E-state index contributed by atoms with van der Waals surface area (Å²) in [5.41, 5.74) is 2.92. The van der Waals surface area contributed by atoms with E-state index >= 15 is 0 Å². The normalized spacial score (nSPS) is 21.3. The lowest BCUT2D eigenvalue weighted by atomic mass is 9.97. The SMILES string of the molecule is CCC(C)c1ccc(CCNC2CCCNC2)cc1. The molecule has 2 atom stereocenters. The van der Waals surface area contributed by atoms with Gasteiger partial charge in [0, 0.05) is 12.6 Å². The third-order valence-corrected chi connectivity index (χ3v) is 4.30. The average molecular weight is 260 g/mol. The number of hydrogen-bond donors (Lipinski definition) is 2. The van der Waals surface area contributed by atoms with Gasteiger partial charge in [0.25, 0.3) is 0 Å². The molecule has 19 heavy (non-hydrogen) atoms. The van der Waals surface area contributed by atoms with Gasteiger partial charge in [-0.05, 0) is 55.8 Å². The molecule has 1 fully saturated rings. The summed E-state index contributed by atoms with van der Waals surface area (Å²) in [4.78, 5) is 0. The van der Waals surface area contributed by atoms with Gasteiger partial charge in [-0.2, -0.15) is 0 Å². The van der Waals surface area contributed by atoms with Crippen LogP contribution in [0.15, 0.2) is 24.3 Å². The molecule has 2 unspecified atom stereocenters. The Hall–Kier alpha value is -0.860. The van der Waals surface area contributed by atoms with E-state index in [1.165, 1.54) is 36.9 Å². The highest BCUT2D eigenvalue weighted by Gasteiger charge is 2.11. The lowest BCUT2D eigenvalue weighted by Crippen LogP contribution is -2.43. The maximum atomic E-state index is 3.66. The van der Waals surface area contributed by atoms with Crippen molar-refractivity contribution in [1.29, 1.82) is 0 Å². The van der Waals surface area contributed by atoms with E-state index in [9.17, 15) is 0 Å². The van der Waals surface area contributed by atoms with E-state index < -0.39 is 0 Å². The van der Waals surface area contributed by atoms with Gasteiger partial charge in [0.15, 0.2) is 0 Å². The predicted octanol–water partition coefficient (Wildman–Crippen LogP) is 3.08. The minimum absolute atomic E-state index is 0.674. The van der Waals surface area contributed by atoms with Crippen molar-refractivity contribution in [2.75, 3.05) is 19.6 Å². The van der Waals surface area contributed by atoms with Crippen LogP contribution in [0.3, 0.4) is 0 Å². The molecule has 1 aromatic rings. The summed E-state index contributed by atoms with van der Waals surface area (Å²) in [6.07, 6.45) is 4.98. The Labute approximate surface area is 118 Å². The number of hydrogen-bond acceptors (Lipinski definition) is 2. The van der Waals surface area contributed by atoms with Crippen LogP contribution in [0.5, 0.6) is 0 Å². The van der Waals surface area contributed by atoms with Crippen molar-refractivity contribution in [3.63, 3.8) is 0 Å². The molecule has 2 nitrogen and oxygen atoms in total. The average Bonchev–Trinajstić information content (AvgIpc) is 2.48. The van der Waals surface area contributed by atoms with Gasteiger partial charge in [0.2, 0.25) is 0 Å². The fourth-order valence-electron chi connectivity index (χ4n) is 2.70. The predicted molar refractivity (Wildman–Crippen MR) is 82.7 cm³/mol. The van der Waals surface area contributed by atoms with Crippen LogP contribution >= 0.6 is 0 Å². The van der Waals surface area contributed by atoms with E-state index in [4.69, 9.17) is 0 Å². The number of benzene rings is 1. The van der Waals surface area contributed by atoms with Crippen molar-refractivity contribution >= 4 is 0 Å². The first kappa shape index (κ1) is 14.5. The molecule has 0 amide bonds. The molecule has 1 saturated heterocycles. The van der Waals surface area contributed by atoms with Crippen molar-refractivity contribution in [2.45, 2.75) is 51.5 Å². The molecule has 0 radical (unpaired) electrons. The highest BCUT2D eigenvalue weighted by molar-refractivity contribution is 5.25. The van der Waals surface area contributed by atoms with Gasteiger partial charge in [0.05, 0.1) is 0 Å². The third-order valence-electron chi connectivity index (χ3n) is 4.30. The van der Waals surface area contributed by atoms with Crippen molar-refractivity contribution in [1.82, 2.24) is 10.6 Å². The van der Waals surface area contributed by atoms with E-state index in [-0.39, 0.29) is 0 Å². The minimum atomic E-state index is 0.674. The smallest absolute Gasteiger partial charge is 0.0193 e. The van der Waals surface area contributed by atoms with Crippen molar-refractivity contribution in [3.8, 4) is 0 Å². The highest BCUT2D eigenvalue weighted by atomic mass is 15.0. The number of nitrogens with one attached hydrogen (secondary N) is 2. The standard InChI is InChI=1S/C17H28N2/c1-3-14(2)16-8-6-15(7-9-16)10-12-19-17-5-4-11-18-13-17/h6-9,14,17-19H,3-5,10-13H2,1-2H3. The van der Waals surface area contributed by atoms with Crippen molar-refractivity contribution in [2.24, 2.45) is 0 Å². The molecule has 0 aromatic heterocycles. The van der Waals surface area contributed by atoms with Crippen LogP contribution in [0, 0.1) is 0 Å². The van der Waals surface area contributed by atoms with Crippen LogP contribution < -0.4 is 10.6 Å². The lowest BCUT2D eigenvalue weighted by Gasteiger charge is -2.23. The zero-order chi connectivity index (χ0) is 13.5. The summed E-state index contributed by atoms with van der Waals surface area (Å²) in [6, 6.07) is 9.86. The highest BCUT2D eigenvalue weighted by Crippen LogP contribution is 2.18.